The van der Waals surface area contributed by atoms with Crippen molar-refractivity contribution in [3.05, 3.63) is 41.1 Å². The molecule has 1 aromatic carbocycles. The van der Waals surface area contributed by atoms with Crippen LogP contribution in [0.2, 0.25) is 0 Å². The Morgan fingerprint density at radius 2 is 2.15 bits per heavy atom. The highest BCUT2D eigenvalue weighted by Crippen LogP contribution is 2.31. The third-order valence-corrected chi connectivity index (χ3v) is 3.29. The topological polar surface area (TPSA) is 70.6 Å². The van der Waals surface area contributed by atoms with E-state index in [1.165, 1.54) is 0 Å². The summed E-state index contributed by atoms with van der Waals surface area (Å²) in [6.45, 7) is 3.83. The molecule has 0 fully saturated rings. The smallest absolute Gasteiger partial charge is 0.354 e. The first-order chi connectivity index (χ1) is 9.54. The monoisotopic (exact) mass is 292 g/mol. The first-order valence-corrected chi connectivity index (χ1v) is 6.68. The Morgan fingerprint density at radius 3 is 2.80 bits per heavy atom. The van der Waals surface area contributed by atoms with E-state index in [-0.39, 0.29) is 11.8 Å². The van der Waals surface area contributed by atoms with Crippen molar-refractivity contribution in [1.82, 2.24) is 10.6 Å². The molecular weight excluding hydrogens is 276 g/mol. The maximum Gasteiger partial charge on any atom is 0.354 e. The van der Waals surface area contributed by atoms with Crippen molar-refractivity contribution in [1.29, 1.82) is 0 Å². The Bertz CT molecular complexity index is 584. The van der Waals surface area contributed by atoms with Crippen LogP contribution in [0.15, 0.2) is 35.5 Å². The molecule has 0 bridgehead atoms. The van der Waals surface area contributed by atoms with Crippen molar-refractivity contribution in [2.45, 2.75) is 19.9 Å². The molecule has 0 amide bonds. The van der Waals surface area contributed by atoms with E-state index in [0.717, 1.165) is 5.57 Å². The minimum Gasteiger partial charge on any atom is -0.508 e. The van der Waals surface area contributed by atoms with Crippen LogP contribution in [0, 0.1) is 0 Å². The minimum atomic E-state index is -0.450. The number of nitrogens with one attached hydrogen (secondary N) is 2. The zero-order valence-electron chi connectivity index (χ0n) is 11.3. The highest BCUT2D eigenvalue weighted by atomic mass is 32.1. The van der Waals surface area contributed by atoms with Gasteiger partial charge in [-0.25, -0.2) is 4.79 Å². The van der Waals surface area contributed by atoms with Crippen LogP contribution in [0.1, 0.15) is 25.5 Å². The van der Waals surface area contributed by atoms with Crippen molar-refractivity contribution in [3.63, 3.8) is 0 Å². The van der Waals surface area contributed by atoms with Gasteiger partial charge in [0, 0.05) is 5.56 Å². The van der Waals surface area contributed by atoms with Gasteiger partial charge in [0.2, 0.25) is 0 Å². The fourth-order valence-corrected chi connectivity index (χ4v) is 2.31. The number of ether oxygens (including phenoxy) is 1. The lowest BCUT2D eigenvalue weighted by molar-refractivity contribution is -0.138. The van der Waals surface area contributed by atoms with Gasteiger partial charge < -0.3 is 20.5 Å². The van der Waals surface area contributed by atoms with E-state index in [0.29, 0.717) is 23.0 Å². The number of carbonyl (C=O) groups is 1. The van der Waals surface area contributed by atoms with Crippen LogP contribution in [0.25, 0.3) is 0 Å². The van der Waals surface area contributed by atoms with Crippen LogP contribution < -0.4 is 10.6 Å². The summed E-state index contributed by atoms with van der Waals surface area (Å²) in [5, 5.41) is 16.1. The molecule has 1 heterocycles. The normalized spacial score (nSPS) is 18.3. The van der Waals surface area contributed by atoms with Gasteiger partial charge >= 0.3 is 5.97 Å². The number of thiocarbonyl (C=S) groups is 1. The Kier molecular flexibility index (Phi) is 4.24. The lowest BCUT2D eigenvalue weighted by Gasteiger charge is -2.29. The number of hydrogen-bond donors (Lipinski definition) is 3. The number of para-hydroxylation sites is 1. The standard InChI is InChI=1S/C14H16N2O3S/c1-3-19-13(18)12-8(2)11(15-14(20)16-12)9-6-4-5-7-10(9)17/h4-7,11,17H,3H2,1-2H3,(H2,15,16,20)/t11-/m0/s1. The van der Waals surface area contributed by atoms with Gasteiger partial charge in [0.15, 0.2) is 5.11 Å². The first-order valence-electron chi connectivity index (χ1n) is 6.28. The fourth-order valence-electron chi connectivity index (χ4n) is 2.09. The largest absolute Gasteiger partial charge is 0.508 e. The number of rotatable bonds is 3. The van der Waals surface area contributed by atoms with E-state index < -0.39 is 5.97 Å². The van der Waals surface area contributed by atoms with Gasteiger partial charge in [-0.15, -0.1) is 0 Å². The van der Waals surface area contributed by atoms with Crippen LogP contribution in [0.3, 0.4) is 0 Å². The summed E-state index contributed by atoms with van der Waals surface area (Å²) in [7, 11) is 0. The zero-order valence-corrected chi connectivity index (χ0v) is 12.1. The van der Waals surface area contributed by atoms with Crippen LogP contribution in [-0.2, 0) is 9.53 Å². The molecule has 3 N–H and O–H groups in total. The predicted molar refractivity (Wildman–Crippen MR) is 79.1 cm³/mol. The van der Waals surface area contributed by atoms with Gasteiger partial charge in [0.05, 0.1) is 12.6 Å². The third-order valence-electron chi connectivity index (χ3n) is 3.07. The number of esters is 1. The van der Waals surface area contributed by atoms with Gasteiger partial charge in [-0.2, -0.15) is 0 Å². The van der Waals surface area contributed by atoms with Crippen molar-refractivity contribution in [3.8, 4) is 5.75 Å². The van der Waals surface area contributed by atoms with Crippen molar-refractivity contribution >= 4 is 23.3 Å². The second-order valence-electron chi connectivity index (χ2n) is 4.37. The molecule has 0 saturated heterocycles. The second-order valence-corrected chi connectivity index (χ2v) is 4.78. The van der Waals surface area contributed by atoms with Crippen molar-refractivity contribution < 1.29 is 14.6 Å². The van der Waals surface area contributed by atoms with Gasteiger partial charge in [0.25, 0.3) is 0 Å². The van der Waals surface area contributed by atoms with Crippen molar-refractivity contribution in [2.24, 2.45) is 0 Å². The average molecular weight is 292 g/mol. The van der Waals surface area contributed by atoms with E-state index >= 15 is 0 Å². The fraction of sp³-hybridized carbons (Fsp3) is 0.286. The number of hydrogen-bond acceptors (Lipinski definition) is 4. The number of aromatic hydroxyl groups is 1. The Hall–Kier alpha value is -2.08. The first kappa shape index (κ1) is 14.3. The summed E-state index contributed by atoms with van der Waals surface area (Å²) in [5.74, 6) is -0.300. The second kappa shape index (κ2) is 5.92. The molecule has 0 aromatic heterocycles. The highest BCUT2D eigenvalue weighted by molar-refractivity contribution is 7.80. The summed E-state index contributed by atoms with van der Waals surface area (Å²) in [4.78, 5) is 11.9. The Labute approximate surface area is 122 Å². The molecule has 0 saturated carbocycles. The molecule has 1 aromatic rings. The molecule has 20 heavy (non-hydrogen) atoms. The molecule has 106 valence electrons. The molecule has 0 aliphatic carbocycles. The SMILES string of the molecule is CCOC(=O)C1=C(C)[C@@H](c2ccccc2O)NC(=S)N1. The van der Waals surface area contributed by atoms with Crippen LogP contribution in [-0.4, -0.2) is 22.8 Å². The number of carbonyl (C=O) groups excluding carboxylic acids is 1. The van der Waals surface area contributed by atoms with Gasteiger partial charge in [-0.1, -0.05) is 18.2 Å². The summed E-state index contributed by atoms with van der Waals surface area (Å²) in [5.41, 5.74) is 1.71. The lowest BCUT2D eigenvalue weighted by atomic mass is 9.96. The third kappa shape index (κ3) is 2.75. The molecule has 0 unspecified atom stereocenters. The molecule has 5 nitrogen and oxygen atoms in total. The minimum absolute atomic E-state index is 0.150. The molecular formula is C14H16N2O3S. The summed E-state index contributed by atoms with van der Waals surface area (Å²) in [6, 6.07) is 6.58. The average Bonchev–Trinajstić information content (AvgIpc) is 2.42. The van der Waals surface area contributed by atoms with Crippen LogP contribution >= 0.6 is 12.2 Å². The maximum absolute atomic E-state index is 11.9. The van der Waals surface area contributed by atoms with Crippen LogP contribution in [0.4, 0.5) is 0 Å². The van der Waals surface area contributed by atoms with E-state index in [4.69, 9.17) is 17.0 Å². The highest BCUT2D eigenvalue weighted by Gasteiger charge is 2.29. The Balaban J connectivity index is 2.43. The Morgan fingerprint density at radius 1 is 1.45 bits per heavy atom. The number of benzene rings is 1. The van der Waals surface area contributed by atoms with Gasteiger partial charge in [-0.05, 0) is 37.7 Å². The summed E-state index contributed by atoms with van der Waals surface area (Å²) < 4.78 is 5.01. The molecule has 0 radical (unpaired) electrons. The quantitative estimate of drug-likeness (QED) is 0.582. The molecule has 2 rings (SSSR count). The molecule has 1 aliphatic heterocycles. The molecule has 1 atom stereocenters. The van der Waals surface area contributed by atoms with Crippen LogP contribution in [0.5, 0.6) is 5.75 Å². The van der Waals surface area contributed by atoms with Gasteiger partial charge in [-0.3, -0.25) is 0 Å². The van der Waals surface area contributed by atoms with E-state index in [2.05, 4.69) is 10.6 Å². The molecule has 1 aliphatic rings. The number of phenols is 1. The zero-order chi connectivity index (χ0) is 14.7. The molecule has 6 heteroatoms. The van der Waals surface area contributed by atoms with E-state index in [1.807, 2.05) is 6.07 Å². The van der Waals surface area contributed by atoms with E-state index in [1.54, 1.807) is 32.0 Å². The maximum atomic E-state index is 11.9. The number of phenolic OH excluding ortho intramolecular Hbond substituents is 1. The van der Waals surface area contributed by atoms with E-state index in [9.17, 15) is 9.90 Å². The predicted octanol–water partition coefficient (Wildman–Crippen LogP) is 1.75. The van der Waals surface area contributed by atoms with Crippen molar-refractivity contribution in [2.75, 3.05) is 6.61 Å². The summed E-state index contributed by atoms with van der Waals surface area (Å²) >= 11 is 5.11. The molecule has 0 spiro atoms. The van der Waals surface area contributed by atoms with Gasteiger partial charge in [0.1, 0.15) is 11.4 Å². The lowest BCUT2D eigenvalue weighted by Crippen LogP contribution is -2.45. The summed E-state index contributed by atoms with van der Waals surface area (Å²) in [6.07, 6.45) is 0.